The molecule has 148 valence electrons. The fourth-order valence-corrected chi connectivity index (χ4v) is 2.62. The van der Waals surface area contributed by atoms with Gasteiger partial charge < -0.3 is 20.5 Å². The van der Waals surface area contributed by atoms with Crippen LogP contribution in [0.5, 0.6) is 5.75 Å². The maximum Gasteiger partial charge on any atom is 0.303 e. The van der Waals surface area contributed by atoms with Gasteiger partial charge in [0.15, 0.2) is 0 Å². The van der Waals surface area contributed by atoms with Gasteiger partial charge in [0.2, 0.25) is 11.8 Å². The van der Waals surface area contributed by atoms with Crippen LogP contribution in [0.25, 0.3) is 0 Å². The maximum atomic E-state index is 12.5. The number of aliphatic carboxylic acids is 1. The lowest BCUT2D eigenvalue weighted by Gasteiger charge is -2.18. The molecule has 0 fully saturated rings. The molecule has 0 bridgehead atoms. The van der Waals surface area contributed by atoms with E-state index in [4.69, 9.17) is 9.84 Å². The third-order valence-electron chi connectivity index (χ3n) is 4.13. The Balaban J connectivity index is 1.94. The summed E-state index contributed by atoms with van der Waals surface area (Å²) in [7, 11) is 1.56. The van der Waals surface area contributed by atoms with E-state index in [0.717, 1.165) is 11.1 Å². The van der Waals surface area contributed by atoms with Crippen LogP contribution >= 0.6 is 0 Å². The van der Waals surface area contributed by atoms with E-state index < -0.39 is 17.9 Å². The average molecular weight is 384 g/mol. The molecule has 2 aromatic rings. The molecule has 7 heteroatoms. The first-order chi connectivity index (χ1) is 13.5. The molecule has 0 saturated heterocycles. The summed E-state index contributed by atoms with van der Waals surface area (Å²) in [5, 5.41) is 14.3. The molecule has 0 radical (unpaired) electrons. The first kappa shape index (κ1) is 21.0. The lowest BCUT2D eigenvalue weighted by atomic mass is 10.1. The molecule has 7 nitrogen and oxygen atoms in total. The number of methoxy groups -OCH3 is 1. The summed E-state index contributed by atoms with van der Waals surface area (Å²) in [6.45, 7) is 0.303. The van der Waals surface area contributed by atoms with Crippen molar-refractivity contribution >= 4 is 17.8 Å². The normalized spacial score (nSPS) is 11.3. The van der Waals surface area contributed by atoms with Crippen molar-refractivity contribution in [2.45, 2.75) is 31.8 Å². The lowest BCUT2D eigenvalue weighted by Crippen LogP contribution is -2.47. The van der Waals surface area contributed by atoms with Crippen LogP contribution in [0, 0.1) is 0 Å². The molecule has 2 amide bonds. The van der Waals surface area contributed by atoms with Crippen LogP contribution in [0.1, 0.15) is 24.0 Å². The maximum absolute atomic E-state index is 12.5. The molecule has 0 aliphatic carbocycles. The number of ether oxygens (including phenoxy) is 1. The summed E-state index contributed by atoms with van der Waals surface area (Å²) in [6, 6.07) is 15.4. The largest absolute Gasteiger partial charge is 0.497 e. The Labute approximate surface area is 163 Å². The third-order valence-corrected chi connectivity index (χ3v) is 4.13. The number of hydrogen-bond acceptors (Lipinski definition) is 4. The van der Waals surface area contributed by atoms with E-state index in [2.05, 4.69) is 10.6 Å². The van der Waals surface area contributed by atoms with Crippen molar-refractivity contribution in [2.75, 3.05) is 7.11 Å². The van der Waals surface area contributed by atoms with E-state index in [-0.39, 0.29) is 25.2 Å². The quantitative estimate of drug-likeness (QED) is 0.580. The van der Waals surface area contributed by atoms with Crippen molar-refractivity contribution in [3.05, 3.63) is 65.7 Å². The van der Waals surface area contributed by atoms with Crippen molar-refractivity contribution < 1.29 is 24.2 Å². The zero-order chi connectivity index (χ0) is 20.4. The zero-order valence-corrected chi connectivity index (χ0v) is 15.7. The number of hydrogen-bond donors (Lipinski definition) is 3. The Bertz CT molecular complexity index is 790. The van der Waals surface area contributed by atoms with E-state index in [1.165, 1.54) is 0 Å². The highest BCUT2D eigenvalue weighted by atomic mass is 16.5. The van der Waals surface area contributed by atoms with Crippen molar-refractivity contribution in [1.82, 2.24) is 10.6 Å². The van der Waals surface area contributed by atoms with Crippen LogP contribution in [-0.2, 0) is 27.3 Å². The standard InChI is InChI=1S/C21H24N2O5/c1-28-17-9-7-15(8-10-17)13-19(24)23-18(11-12-20(25)26)21(27)22-14-16-5-3-2-4-6-16/h2-10,18H,11-14H2,1H3,(H,22,27)(H,23,24)(H,25,26)/t18-/m0/s1. The number of carboxylic acid groups (broad SMARTS) is 1. The predicted octanol–water partition coefficient (Wildman–Crippen LogP) is 1.90. The van der Waals surface area contributed by atoms with Gasteiger partial charge in [-0.2, -0.15) is 0 Å². The summed E-state index contributed by atoms with van der Waals surface area (Å²) in [5.41, 5.74) is 1.68. The Morgan fingerprint density at radius 3 is 2.29 bits per heavy atom. The van der Waals surface area contributed by atoms with Gasteiger partial charge in [-0.05, 0) is 29.7 Å². The highest BCUT2D eigenvalue weighted by Crippen LogP contribution is 2.12. The minimum atomic E-state index is -1.02. The number of rotatable bonds is 10. The highest BCUT2D eigenvalue weighted by Gasteiger charge is 2.21. The summed E-state index contributed by atoms with van der Waals surface area (Å²) in [6.07, 6.45) is -0.115. The molecule has 0 aliphatic heterocycles. The fourth-order valence-electron chi connectivity index (χ4n) is 2.62. The van der Waals surface area contributed by atoms with Crippen molar-refractivity contribution in [2.24, 2.45) is 0 Å². The number of carboxylic acids is 1. The smallest absolute Gasteiger partial charge is 0.303 e. The van der Waals surface area contributed by atoms with E-state index >= 15 is 0 Å². The second kappa shape index (κ2) is 10.7. The Morgan fingerprint density at radius 2 is 1.68 bits per heavy atom. The predicted molar refractivity (Wildman–Crippen MR) is 104 cm³/mol. The first-order valence-electron chi connectivity index (χ1n) is 8.93. The molecule has 0 saturated carbocycles. The van der Waals surface area contributed by atoms with Crippen molar-refractivity contribution in [3.8, 4) is 5.75 Å². The van der Waals surface area contributed by atoms with Gasteiger partial charge in [0.1, 0.15) is 11.8 Å². The molecule has 0 unspecified atom stereocenters. The number of carbonyl (C=O) groups excluding carboxylic acids is 2. The molecular weight excluding hydrogens is 360 g/mol. The summed E-state index contributed by atoms with van der Waals surface area (Å²) >= 11 is 0. The van der Waals surface area contributed by atoms with Crippen LogP contribution in [-0.4, -0.2) is 36.0 Å². The van der Waals surface area contributed by atoms with Gasteiger partial charge in [0, 0.05) is 13.0 Å². The summed E-state index contributed by atoms with van der Waals surface area (Å²) < 4.78 is 5.08. The minimum absolute atomic E-state index is 0.0182. The molecule has 0 aliphatic rings. The van der Waals surface area contributed by atoms with E-state index in [9.17, 15) is 14.4 Å². The Kier molecular flexibility index (Phi) is 8.02. The minimum Gasteiger partial charge on any atom is -0.497 e. The van der Waals surface area contributed by atoms with Crippen LogP contribution in [0.2, 0.25) is 0 Å². The van der Waals surface area contributed by atoms with E-state index in [1.807, 2.05) is 30.3 Å². The summed E-state index contributed by atoms with van der Waals surface area (Å²) in [5.74, 6) is -1.10. The SMILES string of the molecule is COc1ccc(CC(=O)N[C@@H](CCC(=O)O)C(=O)NCc2ccccc2)cc1. The number of carbonyl (C=O) groups is 3. The van der Waals surface area contributed by atoms with Crippen LogP contribution in [0.3, 0.4) is 0 Å². The molecule has 2 aromatic carbocycles. The molecule has 2 rings (SSSR count). The van der Waals surface area contributed by atoms with Crippen LogP contribution in [0.15, 0.2) is 54.6 Å². The monoisotopic (exact) mass is 384 g/mol. The molecule has 1 atom stereocenters. The van der Waals surface area contributed by atoms with Crippen LogP contribution < -0.4 is 15.4 Å². The van der Waals surface area contributed by atoms with Gasteiger partial charge >= 0.3 is 5.97 Å². The van der Waals surface area contributed by atoms with E-state index in [0.29, 0.717) is 12.3 Å². The second-order valence-corrected chi connectivity index (χ2v) is 6.28. The second-order valence-electron chi connectivity index (χ2n) is 6.28. The van der Waals surface area contributed by atoms with Gasteiger partial charge in [-0.3, -0.25) is 14.4 Å². The molecule has 0 heterocycles. The van der Waals surface area contributed by atoms with Gasteiger partial charge in [-0.15, -0.1) is 0 Å². The van der Waals surface area contributed by atoms with Crippen LogP contribution in [0.4, 0.5) is 0 Å². The van der Waals surface area contributed by atoms with E-state index in [1.54, 1.807) is 31.4 Å². The lowest BCUT2D eigenvalue weighted by molar-refractivity contribution is -0.138. The molecule has 0 aromatic heterocycles. The Morgan fingerprint density at radius 1 is 1.00 bits per heavy atom. The number of nitrogens with one attached hydrogen (secondary N) is 2. The number of benzene rings is 2. The van der Waals surface area contributed by atoms with Gasteiger partial charge in [0.25, 0.3) is 0 Å². The molecular formula is C21H24N2O5. The average Bonchev–Trinajstić information content (AvgIpc) is 2.70. The fraction of sp³-hybridized carbons (Fsp3) is 0.286. The summed E-state index contributed by atoms with van der Waals surface area (Å²) in [4.78, 5) is 35.7. The topological polar surface area (TPSA) is 105 Å². The van der Waals surface area contributed by atoms with Gasteiger partial charge in [-0.1, -0.05) is 42.5 Å². The van der Waals surface area contributed by atoms with Gasteiger partial charge in [0.05, 0.1) is 13.5 Å². The Hall–Kier alpha value is -3.35. The molecule has 0 spiro atoms. The third kappa shape index (κ3) is 7.11. The van der Waals surface area contributed by atoms with Crippen molar-refractivity contribution in [1.29, 1.82) is 0 Å². The molecule has 28 heavy (non-hydrogen) atoms. The highest BCUT2D eigenvalue weighted by molar-refractivity contribution is 5.88. The van der Waals surface area contributed by atoms with Crippen molar-refractivity contribution in [3.63, 3.8) is 0 Å². The first-order valence-corrected chi connectivity index (χ1v) is 8.93. The van der Waals surface area contributed by atoms with Gasteiger partial charge in [-0.25, -0.2) is 0 Å². The zero-order valence-electron chi connectivity index (χ0n) is 15.7. The number of amides is 2. The molecule has 3 N–H and O–H groups in total.